The molecule has 0 aliphatic heterocycles. The molecule has 3 N–H and O–H groups in total. The highest BCUT2D eigenvalue weighted by molar-refractivity contribution is 5.77. The zero-order valence-electron chi connectivity index (χ0n) is 37.9. The smallest absolute Gasteiger partial charge is 0.306 e. The topological polar surface area (TPSA) is 95.9 Å². The van der Waals surface area contributed by atoms with Gasteiger partial charge in [0.25, 0.3) is 0 Å². The molecule has 0 aliphatic rings. The van der Waals surface area contributed by atoms with Crippen molar-refractivity contribution in [2.75, 3.05) is 6.61 Å². The number of rotatable bonds is 42. The standard InChI is InChI=1S/C52H91NO5/c1-4-7-10-13-16-19-22-25-27-28-31-34-37-40-43-48(58-52(57)45-42-39-36-33-30-26-23-20-17-14-11-8-5-2)46-51(56)53-49(47-54)50(55)44-41-38-35-32-29-24-21-18-15-12-9-6-3/h8,11,14,17,20,23,26-28,30-31,34,48-50,54-55H,4-7,9-10,12-13,15-16,18-19,21-22,24-25,29,32-33,35-47H2,1-3H3,(H,53,56)/b11-8+,17-14+,23-20-,28-27+,30-26-,34-31+. The van der Waals surface area contributed by atoms with Crippen molar-refractivity contribution in [2.24, 2.45) is 0 Å². The fourth-order valence-electron chi connectivity index (χ4n) is 6.97. The minimum atomic E-state index is -0.808. The summed E-state index contributed by atoms with van der Waals surface area (Å²) >= 11 is 0. The highest BCUT2D eigenvalue weighted by Gasteiger charge is 2.24. The quantitative estimate of drug-likeness (QED) is 0.0324. The summed E-state index contributed by atoms with van der Waals surface area (Å²) < 4.78 is 5.87. The molecule has 0 aromatic carbocycles. The fourth-order valence-corrected chi connectivity index (χ4v) is 6.97. The molecule has 0 saturated heterocycles. The molecule has 0 spiro atoms. The number of unbranched alkanes of at least 4 members (excludes halogenated alkanes) is 22. The van der Waals surface area contributed by atoms with Gasteiger partial charge >= 0.3 is 5.97 Å². The molecule has 6 nitrogen and oxygen atoms in total. The third kappa shape index (κ3) is 40.1. The molecule has 334 valence electrons. The Balaban J connectivity index is 4.74. The monoisotopic (exact) mass is 810 g/mol. The lowest BCUT2D eigenvalue weighted by atomic mass is 10.0. The molecule has 0 radical (unpaired) electrons. The Morgan fingerprint density at radius 1 is 0.517 bits per heavy atom. The van der Waals surface area contributed by atoms with Crippen molar-refractivity contribution in [3.8, 4) is 0 Å². The summed E-state index contributed by atoms with van der Waals surface area (Å²) in [5.74, 6) is -0.571. The molecule has 3 unspecified atom stereocenters. The fraction of sp³-hybridized carbons (Fsp3) is 0.731. The van der Waals surface area contributed by atoms with Crippen LogP contribution in [0.5, 0.6) is 0 Å². The van der Waals surface area contributed by atoms with E-state index in [4.69, 9.17) is 4.74 Å². The highest BCUT2D eigenvalue weighted by atomic mass is 16.5. The van der Waals surface area contributed by atoms with E-state index in [1.54, 1.807) is 0 Å². The Bertz CT molecular complexity index is 1090. The van der Waals surface area contributed by atoms with Crippen molar-refractivity contribution in [3.05, 3.63) is 72.9 Å². The van der Waals surface area contributed by atoms with Gasteiger partial charge in [0, 0.05) is 6.42 Å². The summed E-state index contributed by atoms with van der Waals surface area (Å²) in [7, 11) is 0. The van der Waals surface area contributed by atoms with Gasteiger partial charge in [-0.1, -0.05) is 216 Å². The average molecular weight is 810 g/mol. The van der Waals surface area contributed by atoms with Crippen LogP contribution in [0.1, 0.15) is 220 Å². The van der Waals surface area contributed by atoms with Gasteiger partial charge < -0.3 is 20.3 Å². The Kier molecular flexibility index (Phi) is 43.3. The minimum Gasteiger partial charge on any atom is -0.462 e. The minimum absolute atomic E-state index is 0.0258. The van der Waals surface area contributed by atoms with Crippen molar-refractivity contribution in [1.29, 1.82) is 0 Å². The van der Waals surface area contributed by atoms with E-state index < -0.39 is 18.2 Å². The maximum atomic E-state index is 13.2. The third-order valence-electron chi connectivity index (χ3n) is 10.6. The summed E-state index contributed by atoms with van der Waals surface area (Å²) in [6.45, 7) is 6.30. The van der Waals surface area contributed by atoms with Crippen LogP contribution in [0.2, 0.25) is 0 Å². The Labute approximate surface area is 358 Å². The number of nitrogens with one attached hydrogen (secondary N) is 1. The first kappa shape index (κ1) is 55.3. The van der Waals surface area contributed by atoms with E-state index in [-0.39, 0.29) is 24.9 Å². The van der Waals surface area contributed by atoms with E-state index in [1.807, 2.05) is 30.4 Å². The van der Waals surface area contributed by atoms with Crippen molar-refractivity contribution >= 4 is 11.9 Å². The van der Waals surface area contributed by atoms with E-state index in [0.29, 0.717) is 19.3 Å². The summed E-state index contributed by atoms with van der Waals surface area (Å²) in [5, 5.41) is 23.7. The van der Waals surface area contributed by atoms with Gasteiger partial charge in [0.2, 0.25) is 5.91 Å². The first-order valence-electron chi connectivity index (χ1n) is 24.2. The molecule has 0 rings (SSSR count). The molecule has 0 aliphatic carbocycles. The maximum absolute atomic E-state index is 13.2. The molecule has 0 fully saturated rings. The lowest BCUT2D eigenvalue weighted by Gasteiger charge is -2.24. The zero-order valence-corrected chi connectivity index (χ0v) is 37.9. The summed E-state index contributed by atoms with van der Waals surface area (Å²) in [6, 6.07) is -0.726. The number of esters is 1. The lowest BCUT2D eigenvalue weighted by molar-refractivity contribution is -0.151. The number of carbonyl (C=O) groups is 2. The molecule has 6 heteroatoms. The number of aliphatic hydroxyl groups is 2. The van der Waals surface area contributed by atoms with Gasteiger partial charge in [-0.25, -0.2) is 0 Å². The summed E-state index contributed by atoms with van der Waals surface area (Å²) in [6.07, 6.45) is 56.8. The van der Waals surface area contributed by atoms with E-state index in [2.05, 4.69) is 68.6 Å². The van der Waals surface area contributed by atoms with Crippen molar-refractivity contribution < 1.29 is 24.5 Å². The van der Waals surface area contributed by atoms with E-state index >= 15 is 0 Å². The van der Waals surface area contributed by atoms with E-state index in [0.717, 1.165) is 70.6 Å². The Morgan fingerprint density at radius 2 is 0.948 bits per heavy atom. The van der Waals surface area contributed by atoms with Gasteiger partial charge in [-0.15, -0.1) is 0 Å². The van der Waals surface area contributed by atoms with Crippen LogP contribution in [0.4, 0.5) is 0 Å². The predicted molar refractivity (Wildman–Crippen MR) is 250 cm³/mol. The van der Waals surface area contributed by atoms with Gasteiger partial charge in [0.1, 0.15) is 6.10 Å². The molecule has 0 aromatic rings. The lowest BCUT2D eigenvalue weighted by Crippen LogP contribution is -2.46. The predicted octanol–water partition coefficient (Wildman–Crippen LogP) is 14.2. The average Bonchev–Trinajstić information content (AvgIpc) is 3.22. The van der Waals surface area contributed by atoms with E-state index in [1.165, 1.54) is 103 Å². The maximum Gasteiger partial charge on any atom is 0.306 e. The number of carbonyl (C=O) groups excluding carboxylic acids is 2. The van der Waals surface area contributed by atoms with Gasteiger partial charge in [0.05, 0.1) is 25.2 Å². The second kappa shape index (κ2) is 45.4. The molecule has 0 heterocycles. The second-order valence-corrected chi connectivity index (χ2v) is 16.2. The van der Waals surface area contributed by atoms with Crippen LogP contribution in [0.15, 0.2) is 72.9 Å². The molecule has 58 heavy (non-hydrogen) atoms. The SMILES string of the molecule is CC/C=C/C=C/C=C\C=C/CCCCCC(=O)OC(CCC/C=C/C=C/CCCCCCCCC)CC(=O)NC(CO)C(O)CCCCCCCCCCCCCC. The number of allylic oxidation sites excluding steroid dienone is 12. The van der Waals surface area contributed by atoms with Gasteiger partial charge in [0.15, 0.2) is 0 Å². The first-order chi connectivity index (χ1) is 28.5. The van der Waals surface area contributed by atoms with Crippen LogP contribution >= 0.6 is 0 Å². The number of hydrogen-bond donors (Lipinski definition) is 3. The normalized spacial score (nSPS) is 13.9. The van der Waals surface area contributed by atoms with Crippen LogP contribution in [0, 0.1) is 0 Å². The van der Waals surface area contributed by atoms with Crippen molar-refractivity contribution in [1.82, 2.24) is 5.32 Å². The van der Waals surface area contributed by atoms with Gasteiger partial charge in [-0.2, -0.15) is 0 Å². The molecule has 1 amide bonds. The Morgan fingerprint density at radius 3 is 1.47 bits per heavy atom. The van der Waals surface area contributed by atoms with Crippen LogP contribution in [0.3, 0.4) is 0 Å². The molecule has 0 bridgehead atoms. The summed E-state index contributed by atoms with van der Waals surface area (Å²) in [4.78, 5) is 26.0. The number of ether oxygens (including phenoxy) is 1. The number of amides is 1. The van der Waals surface area contributed by atoms with Gasteiger partial charge in [-0.3, -0.25) is 9.59 Å². The second-order valence-electron chi connectivity index (χ2n) is 16.2. The third-order valence-corrected chi connectivity index (χ3v) is 10.6. The molecular formula is C52H91NO5. The largest absolute Gasteiger partial charge is 0.462 e. The first-order valence-corrected chi connectivity index (χ1v) is 24.2. The highest BCUT2D eigenvalue weighted by Crippen LogP contribution is 2.16. The van der Waals surface area contributed by atoms with Crippen LogP contribution < -0.4 is 5.32 Å². The van der Waals surface area contributed by atoms with Crippen LogP contribution in [-0.4, -0.2) is 46.9 Å². The number of aliphatic hydroxyl groups excluding tert-OH is 2. The Hall–Kier alpha value is -2.70. The van der Waals surface area contributed by atoms with Gasteiger partial charge in [-0.05, 0) is 64.2 Å². The van der Waals surface area contributed by atoms with E-state index in [9.17, 15) is 19.8 Å². The van der Waals surface area contributed by atoms with Crippen LogP contribution in [-0.2, 0) is 14.3 Å². The molecule has 3 atom stereocenters. The van der Waals surface area contributed by atoms with Crippen molar-refractivity contribution in [2.45, 2.75) is 238 Å². The molecule has 0 aromatic heterocycles. The zero-order chi connectivity index (χ0) is 42.4. The molecule has 0 saturated carbocycles. The number of hydrogen-bond acceptors (Lipinski definition) is 5. The van der Waals surface area contributed by atoms with Crippen LogP contribution in [0.25, 0.3) is 0 Å². The summed E-state index contributed by atoms with van der Waals surface area (Å²) in [5.41, 5.74) is 0. The molecular weight excluding hydrogens is 719 g/mol. The van der Waals surface area contributed by atoms with Crippen molar-refractivity contribution in [3.63, 3.8) is 0 Å².